The first-order valence-electron chi connectivity index (χ1n) is 12.3. The summed E-state index contributed by atoms with van der Waals surface area (Å²) in [7, 11) is 2.15. The second-order valence-electron chi connectivity index (χ2n) is 9.10. The summed E-state index contributed by atoms with van der Waals surface area (Å²) < 4.78 is 0. The predicted octanol–water partition coefficient (Wildman–Crippen LogP) is 9.61. The zero-order valence-electron chi connectivity index (χ0n) is 20.3. The van der Waals surface area contributed by atoms with Gasteiger partial charge in [0, 0.05) is 24.0 Å². The van der Waals surface area contributed by atoms with Gasteiger partial charge in [-0.25, -0.2) is 0 Å². The maximum absolute atomic E-state index is 2.32. The summed E-state index contributed by atoms with van der Waals surface area (Å²) in [4.78, 5) is 2.29. The Kier molecular flexibility index (Phi) is 5.81. The molecular formula is C35H27N. The number of hydrogen-bond donors (Lipinski definition) is 0. The van der Waals surface area contributed by atoms with Gasteiger partial charge >= 0.3 is 0 Å². The highest BCUT2D eigenvalue weighted by Crippen LogP contribution is 2.39. The molecular weight excluding hydrogens is 434 g/mol. The Morgan fingerprint density at radius 2 is 1.00 bits per heavy atom. The molecule has 0 unspecified atom stereocenters. The highest BCUT2D eigenvalue weighted by molar-refractivity contribution is 5.93. The van der Waals surface area contributed by atoms with Crippen molar-refractivity contribution in [2.24, 2.45) is 0 Å². The number of nitrogens with zero attached hydrogens (tertiary/aromatic N) is 1. The van der Waals surface area contributed by atoms with Crippen LogP contribution in [0, 0.1) is 0 Å². The lowest BCUT2D eigenvalue weighted by Gasteiger charge is -2.24. The van der Waals surface area contributed by atoms with E-state index in [1.807, 2.05) is 0 Å². The molecule has 0 saturated carbocycles. The first-order valence-corrected chi connectivity index (χ1v) is 12.3. The standard InChI is InChI=1S/C35H27N/c1-36(35-19-11-10-18-33(35)27-13-4-2-5-14-27)31-22-23-32(34(25-31)28-15-6-3-7-16-28)30-21-20-26-12-8-9-17-29(26)24-30/h2-25H,1H3. The normalized spacial score (nSPS) is 10.9. The van der Waals surface area contributed by atoms with Crippen LogP contribution in [0.3, 0.4) is 0 Å². The molecule has 1 nitrogen and oxygen atoms in total. The third-order valence-corrected chi connectivity index (χ3v) is 6.89. The zero-order chi connectivity index (χ0) is 24.3. The number of hydrogen-bond acceptors (Lipinski definition) is 1. The van der Waals surface area contributed by atoms with E-state index in [0.717, 1.165) is 5.69 Å². The van der Waals surface area contributed by atoms with E-state index in [2.05, 4.69) is 158 Å². The Balaban J connectivity index is 1.49. The van der Waals surface area contributed by atoms with Crippen LogP contribution in [0.25, 0.3) is 44.2 Å². The van der Waals surface area contributed by atoms with Gasteiger partial charge in [0.05, 0.1) is 0 Å². The average molecular weight is 462 g/mol. The van der Waals surface area contributed by atoms with Crippen molar-refractivity contribution >= 4 is 22.1 Å². The molecule has 172 valence electrons. The van der Waals surface area contributed by atoms with Crippen molar-refractivity contribution in [1.82, 2.24) is 0 Å². The largest absolute Gasteiger partial charge is 0.344 e. The van der Waals surface area contributed by atoms with Gasteiger partial charge < -0.3 is 4.90 Å². The highest BCUT2D eigenvalue weighted by atomic mass is 15.1. The molecule has 0 fully saturated rings. The molecule has 6 aromatic rings. The van der Waals surface area contributed by atoms with Crippen LogP contribution >= 0.6 is 0 Å². The molecule has 0 atom stereocenters. The maximum Gasteiger partial charge on any atom is 0.0487 e. The quantitative estimate of drug-likeness (QED) is 0.247. The van der Waals surface area contributed by atoms with E-state index in [1.165, 1.54) is 49.8 Å². The molecule has 0 aliphatic rings. The lowest BCUT2D eigenvalue weighted by molar-refractivity contribution is 1.21. The Labute approximate surface area is 212 Å². The summed E-state index contributed by atoms with van der Waals surface area (Å²) in [6.07, 6.45) is 0. The van der Waals surface area contributed by atoms with Crippen LogP contribution < -0.4 is 4.90 Å². The molecule has 6 rings (SSSR count). The molecule has 0 aromatic heterocycles. The fourth-order valence-electron chi connectivity index (χ4n) is 4.97. The van der Waals surface area contributed by atoms with Gasteiger partial charge in [0.15, 0.2) is 0 Å². The Morgan fingerprint density at radius 3 is 1.75 bits per heavy atom. The fourth-order valence-corrected chi connectivity index (χ4v) is 4.97. The summed E-state index contributed by atoms with van der Waals surface area (Å²) in [6, 6.07) is 52.0. The minimum absolute atomic E-state index is 1.15. The lowest BCUT2D eigenvalue weighted by atomic mass is 9.92. The third-order valence-electron chi connectivity index (χ3n) is 6.89. The molecule has 36 heavy (non-hydrogen) atoms. The van der Waals surface area contributed by atoms with Gasteiger partial charge in [0.25, 0.3) is 0 Å². The van der Waals surface area contributed by atoms with Crippen LogP contribution in [-0.2, 0) is 0 Å². The second-order valence-corrected chi connectivity index (χ2v) is 9.10. The summed E-state index contributed by atoms with van der Waals surface area (Å²) in [5.74, 6) is 0. The number of fused-ring (bicyclic) bond motifs is 1. The van der Waals surface area contributed by atoms with Crippen LogP contribution in [0.5, 0.6) is 0 Å². The van der Waals surface area contributed by atoms with Crippen molar-refractivity contribution in [3.8, 4) is 33.4 Å². The fraction of sp³-hybridized carbons (Fsp3) is 0.0286. The van der Waals surface area contributed by atoms with Crippen molar-refractivity contribution in [2.75, 3.05) is 11.9 Å². The molecule has 0 bridgehead atoms. The molecule has 0 radical (unpaired) electrons. The lowest BCUT2D eigenvalue weighted by Crippen LogP contribution is -2.11. The minimum atomic E-state index is 1.15. The maximum atomic E-state index is 2.32. The van der Waals surface area contributed by atoms with Crippen LogP contribution in [0.1, 0.15) is 0 Å². The summed E-state index contributed by atoms with van der Waals surface area (Å²) >= 11 is 0. The van der Waals surface area contributed by atoms with Gasteiger partial charge in [-0.2, -0.15) is 0 Å². The van der Waals surface area contributed by atoms with E-state index in [9.17, 15) is 0 Å². The smallest absolute Gasteiger partial charge is 0.0487 e. The predicted molar refractivity (Wildman–Crippen MR) is 155 cm³/mol. The van der Waals surface area contributed by atoms with Gasteiger partial charge in [-0.05, 0) is 62.9 Å². The summed E-state index contributed by atoms with van der Waals surface area (Å²) in [5.41, 5.74) is 9.69. The summed E-state index contributed by atoms with van der Waals surface area (Å²) in [6.45, 7) is 0. The second kappa shape index (κ2) is 9.56. The van der Waals surface area contributed by atoms with E-state index in [0.29, 0.717) is 0 Å². The molecule has 0 saturated heterocycles. The molecule has 0 N–H and O–H groups in total. The highest BCUT2D eigenvalue weighted by Gasteiger charge is 2.14. The van der Waals surface area contributed by atoms with E-state index in [1.54, 1.807) is 0 Å². The first kappa shape index (κ1) is 21.9. The van der Waals surface area contributed by atoms with Gasteiger partial charge in [-0.15, -0.1) is 0 Å². The van der Waals surface area contributed by atoms with Crippen LogP contribution in [0.4, 0.5) is 11.4 Å². The van der Waals surface area contributed by atoms with Crippen molar-refractivity contribution in [3.63, 3.8) is 0 Å². The van der Waals surface area contributed by atoms with Gasteiger partial charge in [0.1, 0.15) is 0 Å². The first-order chi connectivity index (χ1) is 17.8. The van der Waals surface area contributed by atoms with E-state index < -0.39 is 0 Å². The molecule has 0 aliphatic heterocycles. The SMILES string of the molecule is CN(c1ccc(-c2ccc3ccccc3c2)c(-c2ccccc2)c1)c1ccccc1-c1ccccc1. The van der Waals surface area contributed by atoms with Crippen molar-refractivity contribution in [2.45, 2.75) is 0 Å². The topological polar surface area (TPSA) is 3.24 Å². The van der Waals surface area contributed by atoms with Crippen LogP contribution in [0.15, 0.2) is 146 Å². The zero-order valence-corrected chi connectivity index (χ0v) is 20.3. The Morgan fingerprint density at radius 1 is 0.389 bits per heavy atom. The van der Waals surface area contributed by atoms with E-state index in [4.69, 9.17) is 0 Å². The Hall–Kier alpha value is -4.62. The summed E-state index contributed by atoms with van der Waals surface area (Å²) in [5, 5.41) is 2.52. The van der Waals surface area contributed by atoms with E-state index >= 15 is 0 Å². The van der Waals surface area contributed by atoms with Gasteiger partial charge in [-0.1, -0.05) is 121 Å². The average Bonchev–Trinajstić information content (AvgIpc) is 2.97. The number of anilines is 2. The van der Waals surface area contributed by atoms with Crippen LogP contribution in [-0.4, -0.2) is 7.05 Å². The number of benzene rings is 6. The van der Waals surface area contributed by atoms with E-state index in [-0.39, 0.29) is 0 Å². The third kappa shape index (κ3) is 4.16. The minimum Gasteiger partial charge on any atom is -0.344 e. The Bertz CT molecular complexity index is 1630. The van der Waals surface area contributed by atoms with Crippen molar-refractivity contribution < 1.29 is 0 Å². The molecule has 0 spiro atoms. The van der Waals surface area contributed by atoms with Crippen molar-refractivity contribution in [1.29, 1.82) is 0 Å². The van der Waals surface area contributed by atoms with Gasteiger partial charge in [0.2, 0.25) is 0 Å². The molecule has 0 heterocycles. The molecule has 6 aromatic carbocycles. The molecule has 1 heteroatoms. The number of para-hydroxylation sites is 1. The number of rotatable bonds is 5. The van der Waals surface area contributed by atoms with Gasteiger partial charge in [-0.3, -0.25) is 0 Å². The van der Waals surface area contributed by atoms with Crippen LogP contribution in [0.2, 0.25) is 0 Å². The molecule has 0 amide bonds. The monoisotopic (exact) mass is 461 g/mol. The molecule has 0 aliphatic carbocycles. The van der Waals surface area contributed by atoms with Crippen molar-refractivity contribution in [3.05, 3.63) is 146 Å².